The summed E-state index contributed by atoms with van der Waals surface area (Å²) in [5, 5.41) is 6.36. The van der Waals surface area contributed by atoms with Crippen LogP contribution in [0, 0.1) is 13.8 Å². The summed E-state index contributed by atoms with van der Waals surface area (Å²) in [5.74, 6) is -1.58. The van der Waals surface area contributed by atoms with Crippen LogP contribution in [-0.4, -0.2) is 32.1 Å². The predicted molar refractivity (Wildman–Crippen MR) is 101 cm³/mol. The highest BCUT2D eigenvalue weighted by Gasteiger charge is 2.13. The van der Waals surface area contributed by atoms with Crippen LogP contribution in [0.25, 0.3) is 0 Å². The maximum Gasteiger partial charge on any atom is 0.329 e. The van der Waals surface area contributed by atoms with Crippen LogP contribution in [0.5, 0.6) is 0 Å². The summed E-state index contributed by atoms with van der Waals surface area (Å²) in [5.41, 5.74) is 6.84. The summed E-state index contributed by atoms with van der Waals surface area (Å²) in [7, 11) is 3.91. The molecule has 6 nitrogen and oxygen atoms in total. The normalized spacial score (nSPS) is 10.6. The van der Waals surface area contributed by atoms with Crippen molar-refractivity contribution in [2.24, 2.45) is 5.10 Å². The molecule has 0 aromatic heterocycles. The van der Waals surface area contributed by atoms with Gasteiger partial charge in [-0.2, -0.15) is 5.10 Å². The quantitative estimate of drug-likeness (QED) is 0.511. The summed E-state index contributed by atoms with van der Waals surface area (Å²) in [6.07, 6.45) is 1.49. The van der Waals surface area contributed by atoms with Gasteiger partial charge in [0.05, 0.1) is 6.21 Å². The lowest BCUT2D eigenvalue weighted by Crippen LogP contribution is -2.32. The van der Waals surface area contributed by atoms with Crippen LogP contribution in [0.15, 0.2) is 47.6 Å². The number of benzene rings is 2. The van der Waals surface area contributed by atoms with E-state index in [0.29, 0.717) is 5.69 Å². The van der Waals surface area contributed by atoms with Crippen LogP contribution in [0.3, 0.4) is 0 Å². The highest BCUT2D eigenvalue weighted by molar-refractivity contribution is 6.39. The van der Waals surface area contributed by atoms with Crippen molar-refractivity contribution < 1.29 is 9.59 Å². The molecule has 0 unspecified atom stereocenters. The van der Waals surface area contributed by atoms with Gasteiger partial charge in [-0.3, -0.25) is 9.59 Å². The van der Waals surface area contributed by atoms with Gasteiger partial charge in [-0.25, -0.2) is 5.43 Å². The fourth-order valence-corrected chi connectivity index (χ4v) is 2.08. The third-order valence-corrected chi connectivity index (χ3v) is 3.76. The van der Waals surface area contributed by atoms with E-state index >= 15 is 0 Å². The predicted octanol–water partition coefficient (Wildman–Crippen LogP) is 2.46. The van der Waals surface area contributed by atoms with Crippen molar-refractivity contribution in [3.05, 3.63) is 59.2 Å². The van der Waals surface area contributed by atoms with Gasteiger partial charge in [0.15, 0.2) is 0 Å². The van der Waals surface area contributed by atoms with Crippen LogP contribution < -0.4 is 15.6 Å². The highest BCUT2D eigenvalue weighted by atomic mass is 16.2. The number of anilines is 2. The smallest absolute Gasteiger partial charge is 0.329 e. The molecule has 0 aliphatic carbocycles. The Morgan fingerprint density at radius 2 is 1.64 bits per heavy atom. The molecule has 0 saturated heterocycles. The fourth-order valence-electron chi connectivity index (χ4n) is 2.08. The Kier molecular flexibility index (Phi) is 5.89. The molecular weight excluding hydrogens is 316 g/mol. The molecule has 2 amide bonds. The third kappa shape index (κ3) is 5.17. The molecule has 0 fully saturated rings. The minimum atomic E-state index is -0.820. The summed E-state index contributed by atoms with van der Waals surface area (Å²) in [4.78, 5) is 25.6. The Labute approximate surface area is 147 Å². The number of nitrogens with one attached hydrogen (secondary N) is 2. The Balaban J connectivity index is 1.90. The summed E-state index contributed by atoms with van der Waals surface area (Å²) >= 11 is 0. The van der Waals surface area contributed by atoms with Gasteiger partial charge in [-0.1, -0.05) is 18.2 Å². The number of hydrazone groups is 1. The van der Waals surface area contributed by atoms with Gasteiger partial charge in [-0.05, 0) is 54.8 Å². The molecule has 0 aliphatic heterocycles. The zero-order valence-corrected chi connectivity index (χ0v) is 14.8. The van der Waals surface area contributed by atoms with Crippen molar-refractivity contribution in [2.75, 3.05) is 24.3 Å². The maximum absolute atomic E-state index is 11.9. The SMILES string of the molecule is Cc1ccc(NC(=O)C(=O)NN=Cc2ccc(N(C)C)cc2)cc1C. The van der Waals surface area contributed by atoms with Crippen LogP contribution in [-0.2, 0) is 9.59 Å². The molecule has 2 rings (SSSR count). The van der Waals surface area contributed by atoms with Gasteiger partial charge in [0, 0.05) is 25.5 Å². The van der Waals surface area contributed by atoms with E-state index in [-0.39, 0.29) is 0 Å². The van der Waals surface area contributed by atoms with Crippen molar-refractivity contribution in [3.63, 3.8) is 0 Å². The van der Waals surface area contributed by atoms with Crippen molar-refractivity contribution in [1.29, 1.82) is 0 Å². The van der Waals surface area contributed by atoms with Gasteiger partial charge in [-0.15, -0.1) is 0 Å². The lowest BCUT2D eigenvalue weighted by atomic mass is 10.1. The van der Waals surface area contributed by atoms with Crippen LogP contribution in [0.2, 0.25) is 0 Å². The van der Waals surface area contributed by atoms with E-state index in [9.17, 15) is 9.59 Å². The van der Waals surface area contributed by atoms with Crippen molar-refractivity contribution in [2.45, 2.75) is 13.8 Å². The van der Waals surface area contributed by atoms with E-state index in [4.69, 9.17) is 0 Å². The highest BCUT2D eigenvalue weighted by Crippen LogP contribution is 2.14. The third-order valence-electron chi connectivity index (χ3n) is 3.76. The topological polar surface area (TPSA) is 73.8 Å². The van der Waals surface area contributed by atoms with E-state index in [2.05, 4.69) is 15.8 Å². The Morgan fingerprint density at radius 3 is 2.24 bits per heavy atom. The largest absolute Gasteiger partial charge is 0.378 e. The second-order valence-corrected chi connectivity index (χ2v) is 5.94. The Hall–Kier alpha value is -3.15. The number of carbonyl (C=O) groups is 2. The first-order valence-corrected chi connectivity index (χ1v) is 7.86. The van der Waals surface area contributed by atoms with Crippen LogP contribution in [0.1, 0.15) is 16.7 Å². The molecule has 25 heavy (non-hydrogen) atoms. The van der Waals surface area contributed by atoms with Crippen molar-refractivity contribution in [3.8, 4) is 0 Å². The van der Waals surface area contributed by atoms with Gasteiger partial charge in [0.2, 0.25) is 0 Å². The second kappa shape index (κ2) is 8.10. The number of hydrogen-bond acceptors (Lipinski definition) is 4. The lowest BCUT2D eigenvalue weighted by molar-refractivity contribution is -0.136. The molecule has 6 heteroatoms. The van der Waals surface area contributed by atoms with Crippen LogP contribution >= 0.6 is 0 Å². The number of hydrogen-bond donors (Lipinski definition) is 2. The first-order valence-electron chi connectivity index (χ1n) is 7.86. The molecule has 2 N–H and O–H groups in total. The van der Waals surface area contributed by atoms with Gasteiger partial charge in [0.1, 0.15) is 0 Å². The minimum Gasteiger partial charge on any atom is -0.378 e. The summed E-state index contributed by atoms with van der Waals surface area (Å²) in [6.45, 7) is 3.92. The van der Waals surface area contributed by atoms with Crippen molar-refractivity contribution >= 4 is 29.4 Å². The van der Waals surface area contributed by atoms with E-state index in [1.54, 1.807) is 6.07 Å². The van der Waals surface area contributed by atoms with E-state index in [0.717, 1.165) is 22.4 Å². The molecule has 0 bridgehead atoms. The van der Waals surface area contributed by atoms with Gasteiger partial charge >= 0.3 is 11.8 Å². The number of aryl methyl sites for hydroxylation is 2. The Bertz CT molecular complexity index is 796. The standard InChI is InChI=1S/C19H22N4O2/c1-13-5-8-16(11-14(13)2)21-18(24)19(25)22-20-12-15-6-9-17(10-7-15)23(3)4/h5-12H,1-4H3,(H,21,24)(H,22,25). The van der Waals surface area contributed by atoms with Crippen LogP contribution in [0.4, 0.5) is 11.4 Å². The van der Waals surface area contributed by atoms with Crippen molar-refractivity contribution in [1.82, 2.24) is 5.43 Å². The second-order valence-electron chi connectivity index (χ2n) is 5.94. The molecule has 2 aromatic carbocycles. The zero-order valence-electron chi connectivity index (χ0n) is 14.8. The molecular formula is C19H22N4O2. The fraction of sp³-hybridized carbons (Fsp3) is 0.211. The molecule has 0 aliphatic rings. The minimum absolute atomic E-state index is 0.575. The summed E-state index contributed by atoms with van der Waals surface area (Å²) in [6, 6.07) is 13.1. The van der Waals surface area contributed by atoms with E-state index < -0.39 is 11.8 Å². The Morgan fingerprint density at radius 1 is 0.960 bits per heavy atom. The molecule has 0 radical (unpaired) electrons. The molecule has 0 atom stereocenters. The first kappa shape index (κ1) is 18.2. The number of amides is 2. The zero-order chi connectivity index (χ0) is 18.4. The molecule has 0 heterocycles. The van der Waals surface area contributed by atoms with Gasteiger partial charge in [0.25, 0.3) is 0 Å². The number of rotatable bonds is 4. The average molecular weight is 338 g/mol. The molecule has 2 aromatic rings. The number of nitrogens with zero attached hydrogens (tertiary/aromatic N) is 2. The first-order chi connectivity index (χ1) is 11.9. The monoisotopic (exact) mass is 338 g/mol. The van der Waals surface area contributed by atoms with Gasteiger partial charge < -0.3 is 10.2 Å². The molecule has 0 saturated carbocycles. The van der Waals surface area contributed by atoms with E-state index in [1.807, 2.05) is 69.2 Å². The molecule has 0 spiro atoms. The molecule has 130 valence electrons. The summed E-state index contributed by atoms with van der Waals surface area (Å²) < 4.78 is 0. The lowest BCUT2D eigenvalue weighted by Gasteiger charge is -2.11. The number of carbonyl (C=O) groups excluding carboxylic acids is 2. The van der Waals surface area contributed by atoms with E-state index in [1.165, 1.54) is 6.21 Å². The maximum atomic E-state index is 11.9. The average Bonchev–Trinajstić information content (AvgIpc) is 2.58.